The summed E-state index contributed by atoms with van der Waals surface area (Å²) in [6.45, 7) is 2.02. The van der Waals surface area contributed by atoms with Crippen LogP contribution in [-0.4, -0.2) is 42.5 Å². The predicted octanol–water partition coefficient (Wildman–Crippen LogP) is 3.32. The molecular formula is C21H21N3O5. The van der Waals surface area contributed by atoms with E-state index in [2.05, 4.69) is 10.4 Å². The van der Waals surface area contributed by atoms with Crippen LogP contribution in [0.1, 0.15) is 27.8 Å². The van der Waals surface area contributed by atoms with Crippen molar-refractivity contribution < 1.29 is 23.8 Å². The SMILES string of the molecule is CCOC(=O)c1ccn(-c2cccc(NC(=O)c3ccc(OC)c(OC)c3)c2)n1. The van der Waals surface area contributed by atoms with E-state index in [9.17, 15) is 9.59 Å². The molecule has 0 atom stereocenters. The second kappa shape index (κ2) is 8.92. The molecule has 2 aromatic carbocycles. The van der Waals surface area contributed by atoms with E-state index in [4.69, 9.17) is 14.2 Å². The molecule has 150 valence electrons. The lowest BCUT2D eigenvalue weighted by atomic mass is 10.1. The second-order valence-electron chi connectivity index (χ2n) is 5.94. The van der Waals surface area contributed by atoms with Gasteiger partial charge >= 0.3 is 5.97 Å². The number of anilines is 1. The smallest absolute Gasteiger partial charge is 0.358 e. The van der Waals surface area contributed by atoms with Gasteiger partial charge in [-0.05, 0) is 49.4 Å². The number of rotatable bonds is 7. The molecule has 1 heterocycles. The lowest BCUT2D eigenvalue weighted by Crippen LogP contribution is -2.12. The third-order valence-corrected chi connectivity index (χ3v) is 4.09. The van der Waals surface area contributed by atoms with Crippen molar-refractivity contribution in [3.63, 3.8) is 0 Å². The topological polar surface area (TPSA) is 91.7 Å². The van der Waals surface area contributed by atoms with Crippen molar-refractivity contribution in [3.05, 3.63) is 66.0 Å². The van der Waals surface area contributed by atoms with Crippen LogP contribution in [-0.2, 0) is 4.74 Å². The number of carbonyl (C=O) groups excluding carboxylic acids is 2. The van der Waals surface area contributed by atoms with Crippen molar-refractivity contribution >= 4 is 17.6 Å². The highest BCUT2D eigenvalue weighted by atomic mass is 16.5. The highest BCUT2D eigenvalue weighted by molar-refractivity contribution is 6.04. The number of esters is 1. The third-order valence-electron chi connectivity index (χ3n) is 4.09. The maximum Gasteiger partial charge on any atom is 0.358 e. The Morgan fingerprint density at radius 1 is 1.03 bits per heavy atom. The quantitative estimate of drug-likeness (QED) is 0.617. The van der Waals surface area contributed by atoms with E-state index in [-0.39, 0.29) is 18.2 Å². The fourth-order valence-corrected chi connectivity index (χ4v) is 2.69. The van der Waals surface area contributed by atoms with E-state index < -0.39 is 5.97 Å². The first kappa shape index (κ1) is 19.9. The van der Waals surface area contributed by atoms with Crippen LogP contribution in [0.5, 0.6) is 11.5 Å². The average molecular weight is 395 g/mol. The zero-order valence-electron chi connectivity index (χ0n) is 16.3. The van der Waals surface area contributed by atoms with E-state index in [1.54, 1.807) is 55.6 Å². The summed E-state index contributed by atoms with van der Waals surface area (Å²) in [4.78, 5) is 24.4. The minimum atomic E-state index is -0.482. The maximum absolute atomic E-state index is 12.6. The lowest BCUT2D eigenvalue weighted by Gasteiger charge is -2.11. The van der Waals surface area contributed by atoms with E-state index in [0.29, 0.717) is 28.4 Å². The number of nitrogens with zero attached hydrogens (tertiary/aromatic N) is 2. The first-order chi connectivity index (χ1) is 14.0. The summed E-state index contributed by atoms with van der Waals surface area (Å²) in [6.07, 6.45) is 1.65. The van der Waals surface area contributed by atoms with Crippen molar-refractivity contribution in [3.8, 4) is 17.2 Å². The van der Waals surface area contributed by atoms with Gasteiger partial charge < -0.3 is 19.5 Å². The number of amides is 1. The molecule has 1 aromatic heterocycles. The Balaban J connectivity index is 1.78. The summed E-state index contributed by atoms with van der Waals surface area (Å²) in [7, 11) is 3.05. The van der Waals surface area contributed by atoms with Crippen molar-refractivity contribution in [2.45, 2.75) is 6.92 Å². The monoisotopic (exact) mass is 395 g/mol. The molecule has 0 radical (unpaired) electrons. The minimum Gasteiger partial charge on any atom is -0.493 e. The zero-order chi connectivity index (χ0) is 20.8. The number of benzene rings is 2. The van der Waals surface area contributed by atoms with Gasteiger partial charge in [0, 0.05) is 17.4 Å². The molecule has 0 saturated carbocycles. The molecule has 0 unspecified atom stereocenters. The van der Waals surface area contributed by atoms with Crippen molar-refractivity contribution in [2.24, 2.45) is 0 Å². The number of carbonyl (C=O) groups is 2. The van der Waals surface area contributed by atoms with Crippen LogP contribution in [0.15, 0.2) is 54.7 Å². The summed E-state index contributed by atoms with van der Waals surface area (Å²) in [5.41, 5.74) is 1.91. The van der Waals surface area contributed by atoms with Crippen LogP contribution in [0.2, 0.25) is 0 Å². The standard InChI is InChI=1S/C21H21N3O5/c1-4-29-21(26)17-10-11-24(23-17)16-7-5-6-15(13-16)22-20(25)14-8-9-18(27-2)19(12-14)28-3/h5-13H,4H2,1-3H3,(H,22,25). The molecular weight excluding hydrogens is 374 g/mol. The van der Waals surface area contributed by atoms with E-state index in [0.717, 1.165) is 0 Å². The molecule has 8 nitrogen and oxygen atoms in total. The zero-order valence-corrected chi connectivity index (χ0v) is 16.3. The molecule has 0 saturated heterocycles. The Morgan fingerprint density at radius 3 is 2.55 bits per heavy atom. The molecule has 1 amide bonds. The Morgan fingerprint density at radius 2 is 1.83 bits per heavy atom. The Kier molecular flexibility index (Phi) is 6.13. The molecule has 0 aliphatic rings. The van der Waals surface area contributed by atoms with Crippen molar-refractivity contribution in [2.75, 3.05) is 26.1 Å². The Bertz CT molecular complexity index is 1030. The summed E-state index contributed by atoms with van der Waals surface area (Å²) in [5.74, 6) is 0.235. The van der Waals surface area contributed by atoms with Crippen molar-refractivity contribution in [1.29, 1.82) is 0 Å². The molecule has 1 N–H and O–H groups in total. The number of ether oxygens (including phenoxy) is 3. The van der Waals surface area contributed by atoms with E-state index in [1.807, 2.05) is 6.07 Å². The fourth-order valence-electron chi connectivity index (χ4n) is 2.69. The Labute approximate surface area is 168 Å². The fraction of sp³-hybridized carbons (Fsp3) is 0.190. The second-order valence-corrected chi connectivity index (χ2v) is 5.94. The highest BCUT2D eigenvalue weighted by Gasteiger charge is 2.13. The van der Waals surface area contributed by atoms with Crippen LogP contribution in [0.25, 0.3) is 5.69 Å². The van der Waals surface area contributed by atoms with Gasteiger partial charge in [-0.2, -0.15) is 5.10 Å². The number of hydrogen-bond acceptors (Lipinski definition) is 6. The average Bonchev–Trinajstić information content (AvgIpc) is 3.24. The molecule has 0 aliphatic heterocycles. The normalized spacial score (nSPS) is 10.3. The molecule has 3 rings (SSSR count). The van der Waals surface area contributed by atoms with Crippen molar-refractivity contribution in [1.82, 2.24) is 9.78 Å². The van der Waals surface area contributed by atoms with Gasteiger partial charge in [-0.1, -0.05) is 6.07 Å². The first-order valence-corrected chi connectivity index (χ1v) is 8.92. The van der Waals surface area contributed by atoms with Gasteiger partial charge in [-0.3, -0.25) is 4.79 Å². The maximum atomic E-state index is 12.6. The van der Waals surface area contributed by atoms with Gasteiger partial charge in [0.15, 0.2) is 17.2 Å². The van der Waals surface area contributed by atoms with Crippen LogP contribution in [0, 0.1) is 0 Å². The van der Waals surface area contributed by atoms with Gasteiger partial charge in [0.25, 0.3) is 5.91 Å². The first-order valence-electron chi connectivity index (χ1n) is 8.92. The van der Waals surface area contributed by atoms with Gasteiger partial charge in [0.2, 0.25) is 0 Å². The van der Waals surface area contributed by atoms with Gasteiger partial charge in [0.1, 0.15) is 0 Å². The summed E-state index contributed by atoms with van der Waals surface area (Å²) >= 11 is 0. The molecule has 0 spiro atoms. The number of nitrogens with one attached hydrogen (secondary N) is 1. The molecule has 0 aliphatic carbocycles. The van der Waals surface area contributed by atoms with Gasteiger partial charge in [-0.15, -0.1) is 0 Å². The third kappa shape index (κ3) is 4.55. The molecule has 3 aromatic rings. The largest absolute Gasteiger partial charge is 0.493 e. The van der Waals surface area contributed by atoms with Crippen LogP contribution < -0.4 is 14.8 Å². The molecule has 8 heteroatoms. The van der Waals surface area contributed by atoms with Crippen LogP contribution >= 0.6 is 0 Å². The number of hydrogen-bond donors (Lipinski definition) is 1. The molecule has 0 bridgehead atoms. The summed E-state index contributed by atoms with van der Waals surface area (Å²) in [6, 6.07) is 13.6. The van der Waals surface area contributed by atoms with E-state index in [1.165, 1.54) is 18.9 Å². The van der Waals surface area contributed by atoms with E-state index >= 15 is 0 Å². The number of methoxy groups -OCH3 is 2. The van der Waals surface area contributed by atoms with Crippen LogP contribution in [0.4, 0.5) is 5.69 Å². The lowest BCUT2D eigenvalue weighted by molar-refractivity contribution is 0.0519. The highest BCUT2D eigenvalue weighted by Crippen LogP contribution is 2.28. The number of aromatic nitrogens is 2. The molecule has 0 fully saturated rings. The summed E-state index contributed by atoms with van der Waals surface area (Å²) < 4.78 is 16.9. The molecule has 29 heavy (non-hydrogen) atoms. The minimum absolute atomic E-state index is 0.214. The van der Waals surface area contributed by atoms with Gasteiger partial charge in [-0.25, -0.2) is 9.48 Å². The van der Waals surface area contributed by atoms with Crippen LogP contribution in [0.3, 0.4) is 0 Å². The Hall–Kier alpha value is -3.81. The summed E-state index contributed by atoms with van der Waals surface area (Å²) in [5, 5.41) is 7.06. The predicted molar refractivity (Wildman–Crippen MR) is 107 cm³/mol. The van der Waals surface area contributed by atoms with Gasteiger partial charge in [0.05, 0.1) is 26.5 Å².